The van der Waals surface area contributed by atoms with Gasteiger partial charge in [-0.2, -0.15) is 0 Å². The fourth-order valence-corrected chi connectivity index (χ4v) is 1.93. The number of amides is 1. The Balaban J connectivity index is 1.54. The highest BCUT2D eigenvalue weighted by Gasteiger charge is 2.22. The zero-order chi connectivity index (χ0) is 13.2. The predicted octanol–water partition coefficient (Wildman–Crippen LogP) is 1.23. The van der Waals surface area contributed by atoms with Crippen molar-refractivity contribution in [3.8, 4) is 0 Å². The third kappa shape index (κ3) is 2.96. The van der Waals surface area contributed by atoms with Gasteiger partial charge in [0.2, 0.25) is 11.9 Å². The summed E-state index contributed by atoms with van der Waals surface area (Å²) in [5.41, 5.74) is 8.16. The average molecular weight is 259 g/mol. The molecule has 0 radical (unpaired) electrons. The Bertz CT molecular complexity index is 602. The van der Waals surface area contributed by atoms with Crippen LogP contribution in [0.5, 0.6) is 0 Å². The van der Waals surface area contributed by atoms with Gasteiger partial charge in [-0.3, -0.25) is 4.79 Å². The number of anilines is 2. The summed E-state index contributed by atoms with van der Waals surface area (Å²) < 4.78 is 0. The molecule has 1 aliphatic carbocycles. The molecule has 1 saturated carbocycles. The number of hydrogen-bond donors (Lipinski definition) is 4. The van der Waals surface area contributed by atoms with Crippen LogP contribution in [0, 0.1) is 0 Å². The van der Waals surface area contributed by atoms with Crippen molar-refractivity contribution in [3.05, 3.63) is 18.2 Å². The lowest BCUT2D eigenvalue weighted by molar-refractivity contribution is -0.120. The molecule has 0 saturated heterocycles. The summed E-state index contributed by atoms with van der Waals surface area (Å²) in [7, 11) is 0. The van der Waals surface area contributed by atoms with Gasteiger partial charge in [0.1, 0.15) is 0 Å². The van der Waals surface area contributed by atoms with Crippen LogP contribution >= 0.6 is 0 Å². The Morgan fingerprint density at radius 2 is 2.32 bits per heavy atom. The van der Waals surface area contributed by atoms with Crippen LogP contribution in [0.2, 0.25) is 0 Å². The second-order valence-electron chi connectivity index (χ2n) is 4.88. The second-order valence-corrected chi connectivity index (χ2v) is 4.88. The first-order valence-electron chi connectivity index (χ1n) is 6.49. The number of benzene rings is 1. The number of aromatic amines is 1. The van der Waals surface area contributed by atoms with Crippen LogP contribution in [0.1, 0.15) is 19.3 Å². The lowest BCUT2D eigenvalue weighted by Gasteiger charge is -2.03. The Labute approximate surface area is 110 Å². The number of aromatic nitrogens is 2. The summed E-state index contributed by atoms with van der Waals surface area (Å²) in [4.78, 5) is 19.0. The minimum atomic E-state index is 0.0929. The van der Waals surface area contributed by atoms with E-state index in [4.69, 9.17) is 5.73 Å². The number of hydrogen-bond acceptors (Lipinski definition) is 4. The van der Waals surface area contributed by atoms with Crippen molar-refractivity contribution < 1.29 is 4.79 Å². The van der Waals surface area contributed by atoms with Gasteiger partial charge in [0.05, 0.1) is 11.0 Å². The molecule has 6 nitrogen and oxygen atoms in total. The second kappa shape index (κ2) is 4.79. The van der Waals surface area contributed by atoms with Crippen LogP contribution in [-0.2, 0) is 4.79 Å². The molecule has 0 bridgehead atoms. The first-order valence-corrected chi connectivity index (χ1v) is 6.49. The maximum Gasteiger partial charge on any atom is 0.221 e. The van der Waals surface area contributed by atoms with Crippen LogP contribution in [0.25, 0.3) is 11.0 Å². The summed E-state index contributed by atoms with van der Waals surface area (Å²) in [6.45, 7) is 0.563. The van der Waals surface area contributed by atoms with Crippen LogP contribution in [0.3, 0.4) is 0 Å². The smallest absolute Gasteiger partial charge is 0.221 e. The number of carbonyl (C=O) groups excluding carboxylic acids is 1. The Morgan fingerprint density at radius 1 is 1.47 bits per heavy atom. The molecule has 1 heterocycles. The highest BCUT2D eigenvalue weighted by atomic mass is 16.1. The number of nitrogens with zero attached hydrogens (tertiary/aromatic N) is 1. The fraction of sp³-hybridized carbons (Fsp3) is 0.385. The number of fused-ring (bicyclic) bond motifs is 1. The van der Waals surface area contributed by atoms with Crippen molar-refractivity contribution in [2.45, 2.75) is 25.3 Å². The van der Waals surface area contributed by atoms with Gasteiger partial charge in [0.15, 0.2) is 0 Å². The van der Waals surface area contributed by atoms with Gasteiger partial charge in [-0.05, 0) is 31.0 Å². The largest absolute Gasteiger partial charge is 0.399 e. The Morgan fingerprint density at radius 3 is 3.11 bits per heavy atom. The fourth-order valence-electron chi connectivity index (χ4n) is 1.93. The average Bonchev–Trinajstić information content (AvgIpc) is 3.07. The maximum atomic E-state index is 11.5. The summed E-state index contributed by atoms with van der Waals surface area (Å²) >= 11 is 0. The van der Waals surface area contributed by atoms with Crippen molar-refractivity contribution in [3.63, 3.8) is 0 Å². The minimum absolute atomic E-state index is 0.0929. The quantitative estimate of drug-likeness (QED) is 0.607. The minimum Gasteiger partial charge on any atom is -0.399 e. The van der Waals surface area contributed by atoms with E-state index in [2.05, 4.69) is 20.6 Å². The molecule has 0 atom stereocenters. The predicted molar refractivity (Wildman–Crippen MR) is 74.8 cm³/mol. The molecule has 19 heavy (non-hydrogen) atoms. The van der Waals surface area contributed by atoms with Gasteiger partial charge in [0.25, 0.3) is 0 Å². The first kappa shape index (κ1) is 11.8. The van der Waals surface area contributed by atoms with Crippen molar-refractivity contribution in [1.82, 2.24) is 15.3 Å². The number of imidazole rings is 1. The molecule has 0 aliphatic heterocycles. The normalized spacial score (nSPS) is 14.5. The Hall–Kier alpha value is -2.24. The van der Waals surface area contributed by atoms with E-state index in [1.165, 1.54) is 0 Å². The third-order valence-corrected chi connectivity index (χ3v) is 3.09. The zero-order valence-corrected chi connectivity index (χ0v) is 10.6. The topological polar surface area (TPSA) is 95.8 Å². The molecule has 0 spiro atoms. The lowest BCUT2D eigenvalue weighted by Crippen LogP contribution is -2.27. The van der Waals surface area contributed by atoms with E-state index < -0.39 is 0 Å². The number of nitrogens with one attached hydrogen (secondary N) is 3. The summed E-state index contributed by atoms with van der Waals surface area (Å²) in [6, 6.07) is 5.94. The summed E-state index contributed by atoms with van der Waals surface area (Å²) in [5.74, 6) is 0.759. The Kier molecular flexibility index (Phi) is 2.98. The van der Waals surface area contributed by atoms with Gasteiger partial charge >= 0.3 is 0 Å². The zero-order valence-electron chi connectivity index (χ0n) is 10.6. The molecular formula is C13H17N5O. The number of nitrogen functional groups attached to an aromatic ring is 1. The van der Waals surface area contributed by atoms with Crippen molar-refractivity contribution in [1.29, 1.82) is 0 Å². The molecule has 5 N–H and O–H groups in total. The molecule has 2 aromatic rings. The molecule has 6 heteroatoms. The lowest BCUT2D eigenvalue weighted by atomic mass is 10.3. The van der Waals surface area contributed by atoms with Crippen LogP contribution in [-0.4, -0.2) is 28.5 Å². The standard InChI is InChI=1S/C13H17N5O/c14-8-1-4-10-11(7-8)18-13(17-10)15-6-5-12(19)16-9-2-3-9/h1,4,7,9H,2-3,5-6,14H2,(H,16,19)(H2,15,17,18). The molecule has 100 valence electrons. The summed E-state index contributed by atoms with van der Waals surface area (Å²) in [5, 5.41) is 6.06. The van der Waals surface area contributed by atoms with E-state index in [-0.39, 0.29) is 5.91 Å². The monoisotopic (exact) mass is 259 g/mol. The van der Waals surface area contributed by atoms with Crippen LogP contribution < -0.4 is 16.4 Å². The first-order chi connectivity index (χ1) is 9.20. The molecule has 1 fully saturated rings. The molecular weight excluding hydrogens is 242 g/mol. The van der Waals surface area contributed by atoms with E-state index in [1.807, 2.05) is 18.2 Å². The van der Waals surface area contributed by atoms with Gasteiger partial charge < -0.3 is 21.4 Å². The van der Waals surface area contributed by atoms with Gasteiger partial charge in [-0.15, -0.1) is 0 Å². The van der Waals surface area contributed by atoms with Gasteiger partial charge in [0, 0.05) is 24.7 Å². The van der Waals surface area contributed by atoms with E-state index >= 15 is 0 Å². The summed E-state index contributed by atoms with van der Waals surface area (Å²) in [6.07, 6.45) is 2.68. The van der Waals surface area contributed by atoms with Crippen molar-refractivity contribution in [2.24, 2.45) is 0 Å². The number of H-pyrrole nitrogens is 1. The molecule has 3 rings (SSSR count). The number of nitrogens with two attached hydrogens (primary N) is 1. The molecule has 1 aromatic heterocycles. The van der Waals surface area contributed by atoms with Gasteiger partial charge in [-0.25, -0.2) is 4.98 Å². The number of rotatable bonds is 5. The van der Waals surface area contributed by atoms with E-state index in [0.29, 0.717) is 30.6 Å². The van der Waals surface area contributed by atoms with Crippen molar-refractivity contribution >= 4 is 28.6 Å². The van der Waals surface area contributed by atoms with E-state index in [0.717, 1.165) is 23.9 Å². The molecule has 1 aromatic carbocycles. The third-order valence-electron chi connectivity index (χ3n) is 3.09. The molecule has 0 unspecified atom stereocenters. The molecule has 1 amide bonds. The number of carbonyl (C=O) groups is 1. The van der Waals surface area contributed by atoms with Crippen LogP contribution in [0.4, 0.5) is 11.6 Å². The van der Waals surface area contributed by atoms with Gasteiger partial charge in [-0.1, -0.05) is 0 Å². The maximum absolute atomic E-state index is 11.5. The van der Waals surface area contributed by atoms with Crippen LogP contribution in [0.15, 0.2) is 18.2 Å². The highest BCUT2D eigenvalue weighted by Crippen LogP contribution is 2.19. The SMILES string of the molecule is Nc1ccc2nc(NCCC(=O)NC3CC3)[nH]c2c1. The highest BCUT2D eigenvalue weighted by molar-refractivity contribution is 5.81. The molecule has 1 aliphatic rings. The van der Waals surface area contributed by atoms with E-state index in [1.54, 1.807) is 0 Å². The van der Waals surface area contributed by atoms with E-state index in [9.17, 15) is 4.79 Å². The van der Waals surface area contributed by atoms with Crippen molar-refractivity contribution in [2.75, 3.05) is 17.6 Å².